The van der Waals surface area contributed by atoms with Gasteiger partial charge in [0.25, 0.3) is 0 Å². The molecule has 5 heteroatoms. The molecule has 2 aromatic rings. The zero-order chi connectivity index (χ0) is 15.2. The molecule has 1 aromatic heterocycles. The van der Waals surface area contributed by atoms with Crippen LogP contribution in [0.2, 0.25) is 0 Å². The summed E-state index contributed by atoms with van der Waals surface area (Å²) in [5, 5.41) is 0. The molecule has 0 spiro atoms. The van der Waals surface area contributed by atoms with Crippen molar-refractivity contribution in [2.75, 3.05) is 44.7 Å². The minimum Gasteiger partial charge on any atom is -0.494 e. The topological polar surface area (TPSA) is 41.5 Å². The molecule has 0 bridgehead atoms. The van der Waals surface area contributed by atoms with E-state index in [1.165, 1.54) is 5.56 Å². The Bertz CT molecular complexity index is 565. The summed E-state index contributed by atoms with van der Waals surface area (Å²) < 4.78 is 5.10. The highest BCUT2D eigenvalue weighted by Crippen LogP contribution is 2.14. The third-order valence-corrected chi connectivity index (χ3v) is 4.06. The number of ether oxygens (including phenoxy) is 1. The number of nitrogens with zero attached hydrogens (tertiary/aromatic N) is 4. The Labute approximate surface area is 131 Å². The first-order valence-electron chi connectivity index (χ1n) is 7.72. The fourth-order valence-electron chi connectivity index (χ4n) is 2.68. The second-order valence-electron chi connectivity index (χ2n) is 5.49. The van der Waals surface area contributed by atoms with Gasteiger partial charge in [-0.1, -0.05) is 30.3 Å². The zero-order valence-corrected chi connectivity index (χ0v) is 13.0. The van der Waals surface area contributed by atoms with Crippen LogP contribution < -0.4 is 9.64 Å². The van der Waals surface area contributed by atoms with Crippen molar-refractivity contribution >= 4 is 5.95 Å². The summed E-state index contributed by atoms with van der Waals surface area (Å²) in [5.74, 6) is 1.49. The molecule has 1 aliphatic heterocycles. The monoisotopic (exact) mass is 298 g/mol. The highest BCUT2D eigenvalue weighted by Gasteiger charge is 2.18. The highest BCUT2D eigenvalue weighted by molar-refractivity contribution is 5.32. The van der Waals surface area contributed by atoms with Gasteiger partial charge >= 0.3 is 0 Å². The predicted molar refractivity (Wildman–Crippen MR) is 87.4 cm³/mol. The van der Waals surface area contributed by atoms with Crippen LogP contribution >= 0.6 is 0 Å². The molecule has 0 radical (unpaired) electrons. The van der Waals surface area contributed by atoms with Gasteiger partial charge in [-0.05, 0) is 12.0 Å². The standard InChI is InChI=1S/C17H22N4O/c1-22-16-13-18-17(19-14-16)21-11-9-20(10-12-21)8-7-15-5-3-2-4-6-15/h2-6,13-14H,7-12H2,1H3. The third-order valence-electron chi connectivity index (χ3n) is 4.06. The largest absolute Gasteiger partial charge is 0.494 e. The summed E-state index contributed by atoms with van der Waals surface area (Å²) in [4.78, 5) is 13.5. The van der Waals surface area contributed by atoms with Crippen LogP contribution in [0.3, 0.4) is 0 Å². The van der Waals surface area contributed by atoms with Gasteiger partial charge < -0.3 is 9.64 Å². The van der Waals surface area contributed by atoms with Crippen LogP contribution in [0.25, 0.3) is 0 Å². The molecule has 3 rings (SSSR count). The van der Waals surface area contributed by atoms with Crippen molar-refractivity contribution in [2.45, 2.75) is 6.42 Å². The average Bonchev–Trinajstić information content (AvgIpc) is 2.61. The molecule has 1 saturated heterocycles. The molecule has 22 heavy (non-hydrogen) atoms. The number of hydrogen-bond acceptors (Lipinski definition) is 5. The van der Waals surface area contributed by atoms with Crippen molar-refractivity contribution in [1.82, 2.24) is 14.9 Å². The Morgan fingerprint density at radius 1 is 1.00 bits per heavy atom. The van der Waals surface area contributed by atoms with E-state index in [-0.39, 0.29) is 0 Å². The molecule has 5 nitrogen and oxygen atoms in total. The SMILES string of the molecule is COc1cnc(N2CCN(CCc3ccccc3)CC2)nc1. The van der Waals surface area contributed by atoms with Gasteiger partial charge in [0.05, 0.1) is 19.5 Å². The predicted octanol–water partition coefficient (Wildman–Crippen LogP) is 1.85. The Morgan fingerprint density at radius 2 is 1.68 bits per heavy atom. The summed E-state index contributed by atoms with van der Waals surface area (Å²) in [5.41, 5.74) is 1.41. The van der Waals surface area contributed by atoms with Gasteiger partial charge in [-0.25, -0.2) is 9.97 Å². The van der Waals surface area contributed by atoms with Gasteiger partial charge in [0.15, 0.2) is 5.75 Å². The first-order chi connectivity index (χ1) is 10.8. The van der Waals surface area contributed by atoms with E-state index in [4.69, 9.17) is 4.74 Å². The number of hydrogen-bond donors (Lipinski definition) is 0. The lowest BCUT2D eigenvalue weighted by Gasteiger charge is -2.34. The maximum absolute atomic E-state index is 5.10. The minimum absolute atomic E-state index is 0.699. The van der Waals surface area contributed by atoms with E-state index in [2.05, 4.69) is 50.1 Å². The Hall–Kier alpha value is -2.14. The highest BCUT2D eigenvalue weighted by atomic mass is 16.5. The van der Waals surface area contributed by atoms with Gasteiger partial charge in [-0.3, -0.25) is 4.90 Å². The Kier molecular flexibility index (Phi) is 4.85. The van der Waals surface area contributed by atoms with E-state index < -0.39 is 0 Å². The molecule has 1 fully saturated rings. The second-order valence-corrected chi connectivity index (χ2v) is 5.49. The van der Waals surface area contributed by atoms with Crippen LogP contribution in [-0.4, -0.2) is 54.7 Å². The Balaban J connectivity index is 1.47. The van der Waals surface area contributed by atoms with Gasteiger partial charge in [-0.15, -0.1) is 0 Å². The van der Waals surface area contributed by atoms with Crippen molar-refractivity contribution < 1.29 is 4.74 Å². The molecule has 2 heterocycles. The quantitative estimate of drug-likeness (QED) is 0.842. The van der Waals surface area contributed by atoms with Crippen molar-refractivity contribution in [3.63, 3.8) is 0 Å². The number of benzene rings is 1. The molecule has 0 aliphatic carbocycles. The normalized spacial score (nSPS) is 15.8. The van der Waals surface area contributed by atoms with Crippen LogP contribution in [0.15, 0.2) is 42.7 Å². The molecule has 1 aromatic carbocycles. The number of piperazine rings is 1. The van der Waals surface area contributed by atoms with Crippen molar-refractivity contribution in [3.8, 4) is 5.75 Å². The lowest BCUT2D eigenvalue weighted by Crippen LogP contribution is -2.47. The van der Waals surface area contributed by atoms with Crippen LogP contribution in [0, 0.1) is 0 Å². The smallest absolute Gasteiger partial charge is 0.225 e. The van der Waals surface area contributed by atoms with Crippen LogP contribution in [0.4, 0.5) is 5.95 Å². The zero-order valence-electron chi connectivity index (χ0n) is 13.0. The fraction of sp³-hybridized carbons (Fsp3) is 0.412. The van der Waals surface area contributed by atoms with Crippen molar-refractivity contribution in [3.05, 3.63) is 48.3 Å². The molecular weight excluding hydrogens is 276 g/mol. The van der Waals surface area contributed by atoms with Gasteiger partial charge in [0, 0.05) is 32.7 Å². The third kappa shape index (κ3) is 3.74. The lowest BCUT2D eigenvalue weighted by molar-refractivity contribution is 0.259. The number of methoxy groups -OCH3 is 1. The van der Waals surface area contributed by atoms with Crippen molar-refractivity contribution in [2.24, 2.45) is 0 Å². The summed E-state index contributed by atoms with van der Waals surface area (Å²) in [6.45, 7) is 5.17. The van der Waals surface area contributed by atoms with Crippen molar-refractivity contribution in [1.29, 1.82) is 0 Å². The minimum atomic E-state index is 0.699. The first-order valence-corrected chi connectivity index (χ1v) is 7.72. The number of anilines is 1. The van der Waals surface area contributed by atoms with E-state index in [1.54, 1.807) is 19.5 Å². The second kappa shape index (κ2) is 7.22. The molecule has 0 atom stereocenters. The van der Waals surface area contributed by atoms with Gasteiger partial charge in [0.1, 0.15) is 0 Å². The van der Waals surface area contributed by atoms with E-state index >= 15 is 0 Å². The Morgan fingerprint density at radius 3 is 2.32 bits per heavy atom. The molecule has 0 N–H and O–H groups in total. The average molecular weight is 298 g/mol. The lowest BCUT2D eigenvalue weighted by atomic mass is 10.1. The molecule has 116 valence electrons. The summed E-state index contributed by atoms with van der Waals surface area (Å²) in [6, 6.07) is 10.7. The van der Waals surface area contributed by atoms with E-state index in [1.807, 2.05) is 0 Å². The van der Waals surface area contributed by atoms with Crippen LogP contribution in [-0.2, 0) is 6.42 Å². The number of aromatic nitrogens is 2. The molecule has 0 amide bonds. The maximum atomic E-state index is 5.10. The van der Waals surface area contributed by atoms with Gasteiger partial charge in [-0.2, -0.15) is 0 Å². The fourth-order valence-corrected chi connectivity index (χ4v) is 2.68. The van der Waals surface area contributed by atoms with Crippen LogP contribution in [0.1, 0.15) is 5.56 Å². The number of rotatable bonds is 5. The van der Waals surface area contributed by atoms with E-state index in [9.17, 15) is 0 Å². The molecule has 1 aliphatic rings. The molecular formula is C17H22N4O. The summed E-state index contributed by atoms with van der Waals surface area (Å²) >= 11 is 0. The first kappa shape index (κ1) is 14.8. The van der Waals surface area contributed by atoms with E-state index in [0.717, 1.165) is 45.1 Å². The molecule has 0 unspecified atom stereocenters. The van der Waals surface area contributed by atoms with Gasteiger partial charge in [0.2, 0.25) is 5.95 Å². The molecule has 0 saturated carbocycles. The van der Waals surface area contributed by atoms with E-state index in [0.29, 0.717) is 5.75 Å². The summed E-state index contributed by atoms with van der Waals surface area (Å²) in [6.07, 6.45) is 4.56. The maximum Gasteiger partial charge on any atom is 0.225 e. The van der Waals surface area contributed by atoms with Crippen LogP contribution in [0.5, 0.6) is 5.75 Å². The summed E-state index contributed by atoms with van der Waals surface area (Å²) in [7, 11) is 1.63.